The summed E-state index contributed by atoms with van der Waals surface area (Å²) in [5.41, 5.74) is 1.57. The van der Waals surface area contributed by atoms with E-state index in [0.29, 0.717) is 5.69 Å². The number of aromatic nitrogens is 1. The van der Waals surface area contributed by atoms with Gasteiger partial charge in [0.2, 0.25) is 0 Å². The summed E-state index contributed by atoms with van der Waals surface area (Å²) in [6.45, 7) is 3.66. The molecule has 10 heavy (non-hydrogen) atoms. The lowest BCUT2D eigenvalue weighted by Gasteiger charge is -2.00. The second-order valence-electron chi connectivity index (χ2n) is 2.16. The molecule has 0 radical (unpaired) electrons. The summed E-state index contributed by atoms with van der Waals surface area (Å²) in [4.78, 5) is 4.08. The fourth-order valence-electron chi connectivity index (χ4n) is 0.691. The Labute approximate surface area is 68.0 Å². The molecule has 1 aromatic rings. The molecule has 0 aliphatic rings. The maximum Gasteiger partial charge on any atom is 0.137 e. The van der Waals surface area contributed by atoms with Crippen LogP contribution >= 0.6 is 15.9 Å². The molecular formula is C7H8BrNO. The molecule has 0 unspecified atom stereocenters. The molecule has 54 valence electrons. The van der Waals surface area contributed by atoms with Gasteiger partial charge in [-0.25, -0.2) is 0 Å². The molecule has 0 aromatic carbocycles. The lowest BCUT2D eigenvalue weighted by atomic mass is 10.3. The number of halogens is 1. The largest absolute Gasteiger partial charge is 0.506 e. The number of aromatic hydroxyl groups is 1. The van der Waals surface area contributed by atoms with Crippen molar-refractivity contribution in [3.63, 3.8) is 0 Å². The quantitative estimate of drug-likeness (QED) is 0.699. The van der Waals surface area contributed by atoms with Crippen LogP contribution in [0.25, 0.3) is 0 Å². The van der Waals surface area contributed by atoms with Gasteiger partial charge >= 0.3 is 0 Å². The molecule has 1 aromatic heterocycles. The highest BCUT2D eigenvalue weighted by atomic mass is 79.9. The van der Waals surface area contributed by atoms with E-state index in [1.54, 1.807) is 13.0 Å². The second kappa shape index (κ2) is 2.58. The van der Waals surface area contributed by atoms with Crippen molar-refractivity contribution in [1.82, 2.24) is 4.98 Å². The van der Waals surface area contributed by atoms with Crippen LogP contribution in [0.15, 0.2) is 10.5 Å². The third-order valence-corrected chi connectivity index (χ3v) is 2.12. The summed E-state index contributed by atoms with van der Waals surface area (Å²) in [7, 11) is 0. The highest BCUT2D eigenvalue weighted by molar-refractivity contribution is 9.10. The lowest BCUT2D eigenvalue weighted by Crippen LogP contribution is -1.86. The maximum atomic E-state index is 9.13. The molecule has 0 bridgehead atoms. The first kappa shape index (κ1) is 7.54. The van der Waals surface area contributed by atoms with Crippen LogP contribution in [-0.2, 0) is 0 Å². The van der Waals surface area contributed by atoms with Crippen molar-refractivity contribution in [2.75, 3.05) is 0 Å². The number of rotatable bonds is 0. The molecule has 1 N–H and O–H groups in total. The Morgan fingerprint density at radius 3 is 2.50 bits per heavy atom. The van der Waals surface area contributed by atoms with E-state index in [1.807, 2.05) is 6.92 Å². The van der Waals surface area contributed by atoms with E-state index in [0.717, 1.165) is 10.2 Å². The predicted octanol–water partition coefficient (Wildman–Crippen LogP) is 2.17. The number of nitrogens with zero attached hydrogens (tertiary/aromatic N) is 1. The van der Waals surface area contributed by atoms with Crippen LogP contribution in [-0.4, -0.2) is 10.1 Å². The predicted molar refractivity (Wildman–Crippen MR) is 43.1 cm³/mol. The van der Waals surface area contributed by atoms with Gasteiger partial charge in [-0.3, -0.25) is 4.98 Å². The summed E-state index contributed by atoms with van der Waals surface area (Å²) in [6, 6.07) is 1.65. The van der Waals surface area contributed by atoms with Gasteiger partial charge in [0.05, 0.1) is 11.4 Å². The second-order valence-corrected chi connectivity index (χ2v) is 3.01. The van der Waals surface area contributed by atoms with E-state index >= 15 is 0 Å². The molecule has 3 heteroatoms. The van der Waals surface area contributed by atoms with Gasteiger partial charge in [-0.05, 0) is 35.8 Å². The Balaban J connectivity index is 3.28. The van der Waals surface area contributed by atoms with Gasteiger partial charge in [0.15, 0.2) is 0 Å². The van der Waals surface area contributed by atoms with E-state index in [2.05, 4.69) is 20.9 Å². The average Bonchev–Trinajstić information content (AvgIpc) is 1.84. The molecule has 0 amide bonds. The third kappa shape index (κ3) is 1.29. The SMILES string of the molecule is Cc1nc(C)c(Br)cc1O. The number of hydrogen-bond donors (Lipinski definition) is 1. The molecule has 0 aliphatic carbocycles. The van der Waals surface area contributed by atoms with Gasteiger partial charge < -0.3 is 5.11 Å². The molecule has 0 fully saturated rings. The normalized spacial score (nSPS) is 9.90. The van der Waals surface area contributed by atoms with E-state index in [1.165, 1.54) is 0 Å². The minimum atomic E-state index is 0.234. The van der Waals surface area contributed by atoms with Crippen molar-refractivity contribution in [2.24, 2.45) is 0 Å². The van der Waals surface area contributed by atoms with Crippen LogP contribution in [0, 0.1) is 13.8 Å². The summed E-state index contributed by atoms with van der Waals surface area (Å²) in [5, 5.41) is 9.13. The van der Waals surface area contributed by atoms with Crippen molar-refractivity contribution in [2.45, 2.75) is 13.8 Å². The number of pyridine rings is 1. The van der Waals surface area contributed by atoms with Crippen molar-refractivity contribution >= 4 is 15.9 Å². The molecule has 0 saturated carbocycles. The molecule has 0 spiro atoms. The molecule has 2 nitrogen and oxygen atoms in total. The zero-order valence-electron chi connectivity index (χ0n) is 5.85. The Bertz CT molecular complexity index is 210. The fraction of sp³-hybridized carbons (Fsp3) is 0.286. The minimum absolute atomic E-state index is 0.234. The molecule has 0 atom stereocenters. The van der Waals surface area contributed by atoms with Crippen LogP contribution in [0.1, 0.15) is 11.4 Å². The van der Waals surface area contributed by atoms with E-state index < -0.39 is 0 Å². The molecule has 0 saturated heterocycles. The summed E-state index contributed by atoms with van der Waals surface area (Å²) in [5.74, 6) is 0.234. The Morgan fingerprint density at radius 1 is 1.40 bits per heavy atom. The van der Waals surface area contributed by atoms with Crippen LogP contribution in [0.2, 0.25) is 0 Å². The zero-order chi connectivity index (χ0) is 7.72. The summed E-state index contributed by atoms with van der Waals surface area (Å²) >= 11 is 3.26. The first-order valence-corrected chi connectivity index (χ1v) is 3.73. The average molecular weight is 202 g/mol. The first-order chi connectivity index (χ1) is 4.61. The molecule has 0 aliphatic heterocycles. The van der Waals surface area contributed by atoms with Crippen molar-refractivity contribution in [3.8, 4) is 5.75 Å². The van der Waals surface area contributed by atoms with Crippen LogP contribution in [0.3, 0.4) is 0 Å². The van der Waals surface area contributed by atoms with E-state index in [9.17, 15) is 0 Å². The summed E-state index contributed by atoms with van der Waals surface area (Å²) in [6.07, 6.45) is 0. The molecular weight excluding hydrogens is 194 g/mol. The van der Waals surface area contributed by atoms with Gasteiger partial charge in [0, 0.05) is 4.47 Å². The Morgan fingerprint density at radius 2 is 2.00 bits per heavy atom. The Hall–Kier alpha value is -0.570. The van der Waals surface area contributed by atoms with Gasteiger partial charge in [0.25, 0.3) is 0 Å². The van der Waals surface area contributed by atoms with Crippen molar-refractivity contribution in [3.05, 3.63) is 21.9 Å². The van der Waals surface area contributed by atoms with Crippen LogP contribution in [0.4, 0.5) is 0 Å². The van der Waals surface area contributed by atoms with Crippen LogP contribution < -0.4 is 0 Å². The van der Waals surface area contributed by atoms with Crippen LogP contribution in [0.5, 0.6) is 5.75 Å². The zero-order valence-corrected chi connectivity index (χ0v) is 7.44. The maximum absolute atomic E-state index is 9.13. The standard InChI is InChI=1S/C7H8BrNO/c1-4-6(8)3-7(10)5(2)9-4/h3,10H,1-2H3. The number of aryl methyl sites for hydroxylation is 2. The summed E-state index contributed by atoms with van der Waals surface area (Å²) < 4.78 is 0.843. The van der Waals surface area contributed by atoms with E-state index in [-0.39, 0.29) is 5.75 Å². The first-order valence-electron chi connectivity index (χ1n) is 2.94. The van der Waals surface area contributed by atoms with Gasteiger partial charge in [-0.2, -0.15) is 0 Å². The van der Waals surface area contributed by atoms with Gasteiger partial charge in [0.1, 0.15) is 5.75 Å². The monoisotopic (exact) mass is 201 g/mol. The number of hydrogen-bond acceptors (Lipinski definition) is 2. The lowest BCUT2D eigenvalue weighted by molar-refractivity contribution is 0.466. The van der Waals surface area contributed by atoms with E-state index in [4.69, 9.17) is 5.11 Å². The highest BCUT2D eigenvalue weighted by Crippen LogP contribution is 2.21. The fourth-order valence-corrected chi connectivity index (χ4v) is 0.997. The smallest absolute Gasteiger partial charge is 0.137 e. The molecule has 1 heterocycles. The molecule has 1 rings (SSSR count). The van der Waals surface area contributed by atoms with Gasteiger partial charge in [-0.15, -0.1) is 0 Å². The minimum Gasteiger partial charge on any atom is -0.506 e. The highest BCUT2D eigenvalue weighted by Gasteiger charge is 2.00. The van der Waals surface area contributed by atoms with Crippen molar-refractivity contribution in [1.29, 1.82) is 0 Å². The third-order valence-electron chi connectivity index (χ3n) is 1.32. The van der Waals surface area contributed by atoms with Crippen molar-refractivity contribution < 1.29 is 5.11 Å². The topological polar surface area (TPSA) is 33.1 Å². The van der Waals surface area contributed by atoms with Gasteiger partial charge in [-0.1, -0.05) is 0 Å². The Kier molecular flexibility index (Phi) is 1.94.